The highest BCUT2D eigenvalue weighted by atomic mass is 16.5. The van der Waals surface area contributed by atoms with Crippen LogP contribution in [0.25, 0.3) is 22.4 Å². The van der Waals surface area contributed by atoms with Gasteiger partial charge in [0.2, 0.25) is 0 Å². The average molecular weight is 418 g/mol. The quantitative estimate of drug-likeness (QED) is 0.428. The number of hydrogen-bond acceptors (Lipinski definition) is 6. The Labute approximate surface area is 179 Å². The van der Waals surface area contributed by atoms with Gasteiger partial charge in [0, 0.05) is 12.4 Å². The van der Waals surface area contributed by atoms with Crippen LogP contribution in [0.3, 0.4) is 0 Å². The van der Waals surface area contributed by atoms with Gasteiger partial charge in [-0.15, -0.1) is 0 Å². The molecule has 0 fully saturated rings. The summed E-state index contributed by atoms with van der Waals surface area (Å²) in [5.41, 5.74) is 1.49. The van der Waals surface area contributed by atoms with E-state index < -0.39 is 5.97 Å². The second-order valence-corrected chi connectivity index (χ2v) is 7.32. The predicted molar refractivity (Wildman–Crippen MR) is 114 cm³/mol. The van der Waals surface area contributed by atoms with Gasteiger partial charge in [-0.2, -0.15) is 0 Å². The van der Waals surface area contributed by atoms with Crippen molar-refractivity contribution >= 4 is 22.8 Å². The van der Waals surface area contributed by atoms with Crippen molar-refractivity contribution < 1.29 is 23.2 Å². The molecule has 0 aliphatic rings. The van der Waals surface area contributed by atoms with Crippen molar-refractivity contribution in [1.29, 1.82) is 0 Å². The van der Waals surface area contributed by atoms with E-state index in [0.29, 0.717) is 40.2 Å². The van der Waals surface area contributed by atoms with Crippen LogP contribution < -0.4 is 0 Å². The number of hydrogen-bond donors (Lipinski definition) is 0. The van der Waals surface area contributed by atoms with Gasteiger partial charge in [0.15, 0.2) is 12.4 Å². The van der Waals surface area contributed by atoms with E-state index in [1.807, 2.05) is 50.2 Å². The zero-order valence-corrected chi connectivity index (χ0v) is 17.5. The van der Waals surface area contributed by atoms with E-state index in [2.05, 4.69) is 4.98 Å². The molecule has 3 heterocycles. The Kier molecular flexibility index (Phi) is 5.58. The van der Waals surface area contributed by atoms with Crippen molar-refractivity contribution in [2.45, 2.75) is 20.4 Å². The molecule has 0 saturated carbocycles. The molecule has 1 amide bonds. The van der Waals surface area contributed by atoms with Crippen molar-refractivity contribution in [2.24, 2.45) is 0 Å². The second-order valence-electron chi connectivity index (χ2n) is 7.32. The summed E-state index contributed by atoms with van der Waals surface area (Å²) in [5.74, 6) is 1.81. The zero-order chi connectivity index (χ0) is 22.0. The van der Waals surface area contributed by atoms with Gasteiger partial charge in [0.05, 0.1) is 17.6 Å². The molecule has 4 rings (SSSR count). The fourth-order valence-electron chi connectivity index (χ4n) is 3.25. The molecule has 7 nitrogen and oxygen atoms in total. The number of aromatic nitrogens is 1. The minimum Gasteiger partial charge on any atom is -0.464 e. The Hall–Kier alpha value is -3.87. The largest absolute Gasteiger partial charge is 0.464 e. The maximum absolute atomic E-state index is 12.9. The van der Waals surface area contributed by atoms with E-state index in [1.54, 1.807) is 25.2 Å². The molecular weight excluding hydrogens is 396 g/mol. The van der Waals surface area contributed by atoms with E-state index in [4.69, 9.17) is 13.6 Å². The number of benzene rings is 1. The normalized spacial score (nSPS) is 10.9. The topological polar surface area (TPSA) is 85.8 Å². The average Bonchev–Trinajstić information content (AvgIpc) is 3.38. The number of furan rings is 2. The van der Waals surface area contributed by atoms with Crippen LogP contribution in [0.15, 0.2) is 63.4 Å². The molecule has 0 spiro atoms. The van der Waals surface area contributed by atoms with E-state index in [0.717, 1.165) is 11.5 Å². The van der Waals surface area contributed by atoms with Gasteiger partial charge < -0.3 is 18.5 Å². The highest BCUT2D eigenvalue weighted by Gasteiger charge is 2.19. The number of pyridine rings is 1. The number of likely N-dealkylation sites (N-methyl/N-ethyl adjacent to an activating group) is 1. The van der Waals surface area contributed by atoms with Crippen LogP contribution in [0.2, 0.25) is 0 Å². The number of aryl methyl sites for hydroxylation is 2. The molecule has 0 atom stereocenters. The highest BCUT2D eigenvalue weighted by Crippen LogP contribution is 2.26. The number of carbonyl (C=O) groups excluding carboxylic acids is 2. The molecular formula is C24H22N2O5. The Morgan fingerprint density at radius 1 is 1.00 bits per heavy atom. The number of carbonyl (C=O) groups is 2. The molecule has 4 aromatic rings. The van der Waals surface area contributed by atoms with Gasteiger partial charge in [-0.05, 0) is 50.2 Å². The van der Waals surface area contributed by atoms with Crippen LogP contribution in [0.5, 0.6) is 0 Å². The number of esters is 1. The summed E-state index contributed by atoms with van der Waals surface area (Å²) in [4.78, 5) is 31.3. The first kappa shape index (κ1) is 20.4. The van der Waals surface area contributed by atoms with Crippen LogP contribution in [0, 0.1) is 13.8 Å². The summed E-state index contributed by atoms with van der Waals surface area (Å²) < 4.78 is 16.5. The summed E-state index contributed by atoms with van der Waals surface area (Å²) in [5, 5.41) is 0.645. The minimum absolute atomic E-state index is 0.296. The SMILES string of the molecule is Cc1ccc(CN(C)C(=O)COC(=O)c2cc(-c3ccc(C)o3)nc3ccccc23)o1. The van der Waals surface area contributed by atoms with Crippen molar-refractivity contribution in [3.63, 3.8) is 0 Å². The Morgan fingerprint density at radius 3 is 2.45 bits per heavy atom. The first-order chi connectivity index (χ1) is 14.9. The molecule has 0 aliphatic heterocycles. The third kappa shape index (κ3) is 4.50. The van der Waals surface area contributed by atoms with Crippen LogP contribution in [-0.2, 0) is 16.1 Å². The highest BCUT2D eigenvalue weighted by molar-refractivity contribution is 6.05. The second kappa shape index (κ2) is 8.47. The molecule has 3 aromatic heterocycles. The summed E-state index contributed by atoms with van der Waals surface area (Å²) in [7, 11) is 1.63. The lowest BCUT2D eigenvalue weighted by Crippen LogP contribution is -2.30. The Bertz CT molecular complexity index is 1250. The fraction of sp³-hybridized carbons (Fsp3) is 0.208. The third-order valence-corrected chi connectivity index (χ3v) is 4.87. The van der Waals surface area contributed by atoms with Gasteiger partial charge in [0.1, 0.15) is 23.0 Å². The minimum atomic E-state index is -0.598. The lowest BCUT2D eigenvalue weighted by atomic mass is 10.1. The first-order valence-corrected chi connectivity index (χ1v) is 9.83. The maximum Gasteiger partial charge on any atom is 0.339 e. The number of fused-ring (bicyclic) bond motifs is 1. The van der Waals surface area contributed by atoms with Crippen molar-refractivity contribution in [3.8, 4) is 11.5 Å². The lowest BCUT2D eigenvalue weighted by Gasteiger charge is -2.16. The van der Waals surface area contributed by atoms with Crippen LogP contribution in [0.4, 0.5) is 0 Å². The Morgan fingerprint density at radius 2 is 1.74 bits per heavy atom. The molecule has 1 aromatic carbocycles. The molecule has 0 radical (unpaired) electrons. The van der Waals surface area contributed by atoms with Gasteiger partial charge in [-0.3, -0.25) is 4.79 Å². The van der Waals surface area contributed by atoms with Crippen LogP contribution in [0.1, 0.15) is 27.6 Å². The van der Waals surface area contributed by atoms with Gasteiger partial charge >= 0.3 is 5.97 Å². The molecule has 0 N–H and O–H groups in total. The summed E-state index contributed by atoms with van der Waals surface area (Å²) in [6, 6.07) is 16.2. The maximum atomic E-state index is 12.9. The van der Waals surface area contributed by atoms with Crippen molar-refractivity contribution in [1.82, 2.24) is 9.88 Å². The van der Waals surface area contributed by atoms with Gasteiger partial charge in [-0.1, -0.05) is 18.2 Å². The molecule has 0 bridgehead atoms. The van der Waals surface area contributed by atoms with E-state index in [-0.39, 0.29) is 12.5 Å². The summed E-state index contributed by atoms with van der Waals surface area (Å²) >= 11 is 0. The van der Waals surface area contributed by atoms with Gasteiger partial charge in [-0.25, -0.2) is 9.78 Å². The molecule has 0 saturated heterocycles. The fourth-order valence-corrected chi connectivity index (χ4v) is 3.25. The number of amides is 1. The van der Waals surface area contributed by atoms with E-state index in [1.165, 1.54) is 4.90 Å². The predicted octanol–water partition coefficient (Wildman–Crippen LogP) is 4.52. The van der Waals surface area contributed by atoms with Crippen molar-refractivity contribution in [3.05, 3.63) is 77.4 Å². The zero-order valence-electron chi connectivity index (χ0n) is 17.5. The van der Waals surface area contributed by atoms with Crippen molar-refractivity contribution in [2.75, 3.05) is 13.7 Å². The van der Waals surface area contributed by atoms with E-state index >= 15 is 0 Å². The standard InChI is InChI=1S/C24H22N2O5/c1-15-8-10-17(30-15)13-26(3)23(27)14-29-24(28)19-12-21(22-11-9-16(2)31-22)25-20-7-5-4-6-18(19)20/h4-12H,13-14H2,1-3H3. The van der Waals surface area contributed by atoms with Gasteiger partial charge in [0.25, 0.3) is 5.91 Å². The summed E-state index contributed by atoms with van der Waals surface area (Å²) in [6.45, 7) is 3.60. The van der Waals surface area contributed by atoms with Crippen LogP contribution >= 0.6 is 0 Å². The summed E-state index contributed by atoms with van der Waals surface area (Å²) in [6.07, 6.45) is 0. The number of rotatable bonds is 6. The Balaban J connectivity index is 1.52. The molecule has 31 heavy (non-hydrogen) atoms. The number of ether oxygens (including phenoxy) is 1. The number of nitrogens with zero attached hydrogens (tertiary/aromatic N) is 2. The molecule has 0 unspecified atom stereocenters. The number of para-hydroxylation sites is 1. The van der Waals surface area contributed by atoms with Crippen LogP contribution in [-0.4, -0.2) is 35.4 Å². The van der Waals surface area contributed by atoms with E-state index in [9.17, 15) is 9.59 Å². The smallest absolute Gasteiger partial charge is 0.339 e. The third-order valence-electron chi connectivity index (χ3n) is 4.87. The lowest BCUT2D eigenvalue weighted by molar-refractivity contribution is -0.133. The molecule has 158 valence electrons. The molecule has 7 heteroatoms. The monoisotopic (exact) mass is 418 g/mol. The first-order valence-electron chi connectivity index (χ1n) is 9.83. The molecule has 0 aliphatic carbocycles.